The van der Waals surface area contributed by atoms with Gasteiger partial charge < -0.3 is 16.2 Å². The number of nitrogens with two attached hydrogens (primary N) is 1. The van der Waals surface area contributed by atoms with Gasteiger partial charge in [0, 0.05) is 6.04 Å². The summed E-state index contributed by atoms with van der Waals surface area (Å²) >= 11 is 0. The molecule has 3 aliphatic carbocycles. The number of fused-ring (bicyclic) bond motifs is 2. The minimum absolute atomic E-state index is 0.0121. The molecular weight excluding hydrogens is 468 g/mol. The lowest BCUT2D eigenvalue weighted by molar-refractivity contribution is -0.139. The lowest BCUT2D eigenvalue weighted by Gasteiger charge is -2.40. The van der Waals surface area contributed by atoms with Gasteiger partial charge in [0.2, 0.25) is 5.91 Å². The quantitative estimate of drug-likeness (QED) is 0.238. The van der Waals surface area contributed by atoms with Crippen molar-refractivity contribution in [3.63, 3.8) is 0 Å². The number of nitrogens with one attached hydrogen (secondary N) is 3. The summed E-state index contributed by atoms with van der Waals surface area (Å²) in [6, 6.07) is -2.18. The number of carbonyl (C=O) groups is 2. The van der Waals surface area contributed by atoms with Crippen LogP contribution in [0.2, 0.25) is 0 Å². The number of hydrogen-bond acceptors (Lipinski definition) is 5. The molecule has 0 saturated heterocycles. The molecule has 0 radical (unpaired) electrons. The second-order valence-corrected chi connectivity index (χ2v) is 13.4. The molecule has 3 saturated carbocycles. The highest BCUT2D eigenvalue weighted by atomic mass is 32.2. The van der Waals surface area contributed by atoms with Gasteiger partial charge in [-0.3, -0.25) is 9.59 Å². The molecule has 1 amide bonds. The number of unbranched alkanes of at least 4 members (excludes halogenated alkanes) is 1. The lowest BCUT2D eigenvalue weighted by atomic mass is 9.69. The first-order chi connectivity index (χ1) is 16.4. The first kappa shape index (κ1) is 28.3. The third-order valence-electron chi connectivity index (χ3n) is 9.56. The van der Waals surface area contributed by atoms with Crippen molar-refractivity contribution < 1.29 is 23.1 Å². The third kappa shape index (κ3) is 6.56. The zero-order chi connectivity index (χ0) is 25.9. The Morgan fingerprint density at radius 2 is 1.69 bits per heavy atom. The van der Waals surface area contributed by atoms with Crippen LogP contribution in [0.3, 0.4) is 0 Å². The van der Waals surface area contributed by atoms with E-state index in [1.165, 1.54) is 12.8 Å². The summed E-state index contributed by atoms with van der Waals surface area (Å²) in [5, 5.41) is 12.7. The van der Waals surface area contributed by atoms with Crippen LogP contribution in [0.4, 0.5) is 0 Å². The van der Waals surface area contributed by atoms with Crippen LogP contribution in [0.25, 0.3) is 0 Å². The summed E-state index contributed by atoms with van der Waals surface area (Å²) < 4.78 is 30.7. The number of hydrogen-bond donors (Lipinski definition) is 5. The fraction of sp³-hybridized carbons (Fsp3) is 0.920. The minimum atomic E-state index is -4.21. The molecule has 0 aromatic carbocycles. The molecule has 5 atom stereocenters. The molecule has 3 fully saturated rings. The summed E-state index contributed by atoms with van der Waals surface area (Å²) in [4.78, 5) is 25.2. The fourth-order valence-corrected chi connectivity index (χ4v) is 8.03. The predicted octanol–water partition coefficient (Wildman–Crippen LogP) is 2.66. The minimum Gasteiger partial charge on any atom is -0.480 e. The number of carbonyl (C=O) groups excluding carboxylic acids is 1. The topological polar surface area (TPSA) is 151 Å². The van der Waals surface area contributed by atoms with Crippen LogP contribution in [0.5, 0.6) is 0 Å². The number of carboxylic acid groups (broad SMARTS) is 1. The van der Waals surface area contributed by atoms with Crippen molar-refractivity contribution in [1.82, 2.24) is 14.8 Å². The van der Waals surface area contributed by atoms with Gasteiger partial charge in [0.1, 0.15) is 12.1 Å². The first-order valence-corrected chi connectivity index (χ1v) is 14.9. The van der Waals surface area contributed by atoms with Crippen molar-refractivity contribution in [2.75, 3.05) is 6.54 Å². The molecule has 2 bridgehead atoms. The van der Waals surface area contributed by atoms with Gasteiger partial charge in [-0.15, -0.1) is 0 Å². The van der Waals surface area contributed by atoms with Crippen molar-refractivity contribution in [2.24, 2.45) is 28.4 Å². The van der Waals surface area contributed by atoms with Crippen LogP contribution in [0, 0.1) is 22.7 Å². The lowest BCUT2D eigenvalue weighted by Crippen LogP contribution is -2.57. The van der Waals surface area contributed by atoms with Crippen LogP contribution in [0.15, 0.2) is 0 Å². The highest BCUT2D eigenvalue weighted by Gasteiger charge is 2.61. The third-order valence-corrected chi connectivity index (χ3v) is 10.8. The van der Waals surface area contributed by atoms with Crippen molar-refractivity contribution in [3.8, 4) is 0 Å². The highest BCUT2D eigenvalue weighted by molar-refractivity contribution is 7.87. The number of aliphatic carboxylic acids is 1. The molecule has 10 heteroatoms. The Bertz CT molecular complexity index is 858. The molecule has 0 heterocycles. The van der Waals surface area contributed by atoms with Gasteiger partial charge in [0.15, 0.2) is 0 Å². The Morgan fingerprint density at radius 1 is 1.03 bits per heavy atom. The molecule has 3 aliphatic rings. The largest absolute Gasteiger partial charge is 0.480 e. The zero-order valence-electron chi connectivity index (χ0n) is 21.6. The van der Waals surface area contributed by atoms with E-state index in [4.69, 9.17) is 5.73 Å². The van der Waals surface area contributed by atoms with Gasteiger partial charge >= 0.3 is 5.97 Å². The molecule has 3 rings (SSSR count). The number of rotatable bonds is 13. The van der Waals surface area contributed by atoms with Crippen LogP contribution in [0.1, 0.15) is 97.8 Å². The van der Waals surface area contributed by atoms with E-state index in [0.29, 0.717) is 31.7 Å². The Morgan fingerprint density at radius 3 is 2.23 bits per heavy atom. The molecule has 6 N–H and O–H groups in total. The Kier molecular flexibility index (Phi) is 9.26. The highest BCUT2D eigenvalue weighted by Crippen LogP contribution is 2.65. The molecule has 202 valence electrons. The fourth-order valence-electron chi connectivity index (χ4n) is 6.79. The van der Waals surface area contributed by atoms with Gasteiger partial charge in [0.05, 0.1) is 0 Å². The second-order valence-electron chi connectivity index (χ2n) is 11.9. The molecular formula is C25H46N4O5S. The van der Waals surface area contributed by atoms with Gasteiger partial charge in [-0.25, -0.2) is 0 Å². The molecule has 0 spiro atoms. The molecule has 35 heavy (non-hydrogen) atoms. The van der Waals surface area contributed by atoms with E-state index in [1.54, 1.807) is 0 Å². The maximum atomic E-state index is 13.5. The molecule has 0 aromatic rings. The normalized spacial score (nSPS) is 30.2. The molecule has 1 unspecified atom stereocenters. The van der Waals surface area contributed by atoms with Crippen LogP contribution >= 0.6 is 0 Å². The molecule has 0 aliphatic heterocycles. The summed E-state index contributed by atoms with van der Waals surface area (Å²) in [5.41, 5.74) is 5.59. The number of amides is 1. The van der Waals surface area contributed by atoms with Crippen molar-refractivity contribution in [2.45, 2.75) is 116 Å². The Labute approximate surface area is 210 Å². The first-order valence-electron chi connectivity index (χ1n) is 13.4. The average molecular weight is 515 g/mol. The van der Waals surface area contributed by atoms with Crippen molar-refractivity contribution in [1.29, 1.82) is 0 Å². The van der Waals surface area contributed by atoms with E-state index >= 15 is 0 Å². The predicted molar refractivity (Wildman–Crippen MR) is 136 cm³/mol. The van der Waals surface area contributed by atoms with E-state index < -0.39 is 28.3 Å². The standard InChI is InChI=1S/C25H46N4O5S/c1-24(2)18-12-13-25(24,3)21(16-18)27-22(30)20(15-17-9-5-4-6-10-17)29-35(33,34)28-19(23(31)32)11-7-8-14-26/h17-21,28-29H,4-16,26H2,1-3H3,(H,27,30)(H,31,32)/t18-,19+,20+,21?,25+/m1/s1. The second kappa shape index (κ2) is 11.4. The average Bonchev–Trinajstić information content (AvgIpc) is 3.12. The maximum absolute atomic E-state index is 13.5. The summed E-state index contributed by atoms with van der Waals surface area (Å²) in [5.74, 6) is -0.713. The van der Waals surface area contributed by atoms with E-state index in [9.17, 15) is 23.1 Å². The molecule has 9 nitrogen and oxygen atoms in total. The SMILES string of the molecule is CC1(C)[C@@H]2CC[C@@]1(C)C(NC(=O)[C@H](CC1CCCCC1)NS(=O)(=O)N[C@@H](CCCCN)C(=O)O)C2. The summed E-state index contributed by atoms with van der Waals surface area (Å²) in [7, 11) is -4.21. The maximum Gasteiger partial charge on any atom is 0.321 e. The van der Waals surface area contributed by atoms with Gasteiger partial charge in [-0.2, -0.15) is 17.9 Å². The van der Waals surface area contributed by atoms with Crippen molar-refractivity contribution >= 4 is 22.1 Å². The van der Waals surface area contributed by atoms with Crippen LogP contribution < -0.4 is 20.5 Å². The van der Waals surface area contributed by atoms with Gasteiger partial charge in [-0.05, 0) is 67.7 Å². The summed E-state index contributed by atoms with van der Waals surface area (Å²) in [6.07, 6.45) is 10.1. The van der Waals surface area contributed by atoms with Crippen molar-refractivity contribution in [3.05, 3.63) is 0 Å². The van der Waals surface area contributed by atoms with E-state index in [2.05, 4.69) is 35.5 Å². The Hall–Kier alpha value is -1.23. The van der Waals surface area contributed by atoms with Gasteiger partial charge in [0.25, 0.3) is 10.2 Å². The van der Waals surface area contributed by atoms with Gasteiger partial charge in [-0.1, -0.05) is 59.3 Å². The van der Waals surface area contributed by atoms with E-state index in [1.807, 2.05) is 0 Å². The smallest absolute Gasteiger partial charge is 0.321 e. The summed E-state index contributed by atoms with van der Waals surface area (Å²) in [6.45, 7) is 7.21. The monoisotopic (exact) mass is 514 g/mol. The zero-order valence-corrected chi connectivity index (χ0v) is 22.5. The number of carboxylic acids is 1. The van der Waals surface area contributed by atoms with E-state index in [-0.39, 0.29) is 35.1 Å². The molecule has 0 aromatic heterocycles. The van der Waals surface area contributed by atoms with Crippen LogP contribution in [-0.2, 0) is 19.8 Å². The van der Waals surface area contributed by atoms with E-state index in [0.717, 1.165) is 38.5 Å². The van der Waals surface area contributed by atoms with Crippen LogP contribution in [-0.4, -0.2) is 50.1 Å². The Balaban J connectivity index is 1.71.